The fourth-order valence-corrected chi connectivity index (χ4v) is 2.13. The Morgan fingerprint density at radius 1 is 1.41 bits per heavy atom. The number of hydrogen-bond donors (Lipinski definition) is 1. The number of aromatic amines is 1. The van der Waals surface area contributed by atoms with Gasteiger partial charge in [0.05, 0.1) is 24.5 Å². The van der Waals surface area contributed by atoms with E-state index in [1.807, 2.05) is 6.07 Å². The molecule has 0 radical (unpaired) electrons. The smallest absolute Gasteiger partial charge is 0.142 e. The summed E-state index contributed by atoms with van der Waals surface area (Å²) in [5, 5.41) is 6.97. The highest BCUT2D eigenvalue weighted by Gasteiger charge is 2.18. The molecule has 0 saturated heterocycles. The molecule has 88 valence electrons. The maximum absolute atomic E-state index is 5.69. The summed E-state index contributed by atoms with van der Waals surface area (Å²) in [6.07, 6.45) is 1.78. The Kier molecular flexibility index (Phi) is 2.48. The van der Waals surface area contributed by atoms with Gasteiger partial charge in [-0.3, -0.25) is 5.10 Å². The van der Waals surface area contributed by atoms with Gasteiger partial charge in [-0.25, -0.2) is 0 Å². The van der Waals surface area contributed by atoms with Gasteiger partial charge in [0.2, 0.25) is 0 Å². The SMILES string of the molecule is Cc1ccc2c(c1)OCCN2Cc1ccn[nH]1. The van der Waals surface area contributed by atoms with Crippen LogP contribution >= 0.6 is 0 Å². The van der Waals surface area contributed by atoms with Crippen molar-refractivity contribution in [3.63, 3.8) is 0 Å². The Labute approximate surface area is 100 Å². The molecule has 0 saturated carbocycles. The van der Waals surface area contributed by atoms with Crippen LogP contribution in [0.3, 0.4) is 0 Å². The topological polar surface area (TPSA) is 41.1 Å². The minimum Gasteiger partial charge on any atom is -0.490 e. The van der Waals surface area contributed by atoms with Gasteiger partial charge in [0.1, 0.15) is 12.4 Å². The van der Waals surface area contributed by atoms with Crippen LogP contribution in [0.2, 0.25) is 0 Å². The molecule has 0 spiro atoms. The molecule has 2 heterocycles. The van der Waals surface area contributed by atoms with Crippen molar-refractivity contribution >= 4 is 5.69 Å². The van der Waals surface area contributed by atoms with Crippen LogP contribution in [0.15, 0.2) is 30.5 Å². The van der Waals surface area contributed by atoms with E-state index in [1.165, 1.54) is 5.56 Å². The quantitative estimate of drug-likeness (QED) is 0.857. The second kappa shape index (κ2) is 4.13. The summed E-state index contributed by atoms with van der Waals surface area (Å²) >= 11 is 0. The highest BCUT2D eigenvalue weighted by molar-refractivity contribution is 5.61. The number of nitrogens with one attached hydrogen (secondary N) is 1. The number of rotatable bonds is 2. The Bertz CT molecular complexity index is 507. The number of nitrogens with zero attached hydrogens (tertiary/aromatic N) is 2. The number of ether oxygens (including phenoxy) is 1. The van der Waals surface area contributed by atoms with Crippen LogP contribution in [0.4, 0.5) is 5.69 Å². The van der Waals surface area contributed by atoms with Gasteiger partial charge < -0.3 is 9.64 Å². The molecule has 4 nitrogen and oxygen atoms in total. The van der Waals surface area contributed by atoms with E-state index in [0.717, 1.165) is 36.8 Å². The number of benzene rings is 1. The second-order valence-electron chi connectivity index (χ2n) is 4.32. The molecule has 1 N–H and O–H groups in total. The third kappa shape index (κ3) is 1.98. The van der Waals surface area contributed by atoms with Crippen molar-refractivity contribution in [2.75, 3.05) is 18.1 Å². The van der Waals surface area contributed by atoms with Gasteiger partial charge in [-0.05, 0) is 30.7 Å². The Morgan fingerprint density at radius 2 is 2.35 bits per heavy atom. The predicted octanol–water partition coefficient (Wildman–Crippen LogP) is 2.12. The number of anilines is 1. The zero-order valence-electron chi connectivity index (χ0n) is 9.81. The standard InChI is InChI=1S/C13H15N3O/c1-10-2-3-12-13(8-10)17-7-6-16(12)9-11-4-5-14-15-11/h2-5,8H,6-7,9H2,1H3,(H,14,15). The fraction of sp³-hybridized carbons (Fsp3) is 0.308. The van der Waals surface area contributed by atoms with Crippen LogP contribution in [-0.2, 0) is 6.54 Å². The van der Waals surface area contributed by atoms with Crippen molar-refractivity contribution in [3.8, 4) is 5.75 Å². The average Bonchev–Trinajstić information content (AvgIpc) is 2.82. The molecule has 0 fully saturated rings. The summed E-state index contributed by atoms with van der Waals surface area (Å²) in [6.45, 7) is 4.58. The largest absolute Gasteiger partial charge is 0.490 e. The van der Waals surface area contributed by atoms with E-state index in [2.05, 4.69) is 40.2 Å². The van der Waals surface area contributed by atoms with Crippen LogP contribution in [0.25, 0.3) is 0 Å². The van der Waals surface area contributed by atoms with Crippen LogP contribution in [-0.4, -0.2) is 23.3 Å². The molecule has 0 unspecified atom stereocenters. The molecule has 0 aliphatic carbocycles. The minimum absolute atomic E-state index is 0.741. The van der Waals surface area contributed by atoms with E-state index in [1.54, 1.807) is 6.20 Å². The lowest BCUT2D eigenvalue weighted by Gasteiger charge is -2.31. The lowest BCUT2D eigenvalue weighted by Crippen LogP contribution is -2.32. The molecular formula is C13H15N3O. The third-order valence-electron chi connectivity index (χ3n) is 2.99. The Hall–Kier alpha value is -1.97. The molecule has 1 aromatic carbocycles. The Balaban J connectivity index is 1.89. The van der Waals surface area contributed by atoms with Crippen LogP contribution < -0.4 is 9.64 Å². The van der Waals surface area contributed by atoms with Gasteiger partial charge in [0, 0.05) is 6.20 Å². The molecule has 1 aliphatic heterocycles. The summed E-state index contributed by atoms with van der Waals surface area (Å²) in [6, 6.07) is 8.34. The van der Waals surface area contributed by atoms with Crippen molar-refractivity contribution in [2.24, 2.45) is 0 Å². The van der Waals surface area contributed by atoms with E-state index in [-0.39, 0.29) is 0 Å². The van der Waals surface area contributed by atoms with Crippen molar-refractivity contribution in [1.29, 1.82) is 0 Å². The molecule has 1 aromatic heterocycles. The highest BCUT2D eigenvalue weighted by Crippen LogP contribution is 2.32. The van der Waals surface area contributed by atoms with E-state index in [0.29, 0.717) is 0 Å². The van der Waals surface area contributed by atoms with Crippen LogP contribution in [0.1, 0.15) is 11.3 Å². The second-order valence-corrected chi connectivity index (χ2v) is 4.32. The summed E-state index contributed by atoms with van der Waals surface area (Å²) in [5.74, 6) is 0.982. The zero-order chi connectivity index (χ0) is 11.7. The minimum atomic E-state index is 0.741. The van der Waals surface area contributed by atoms with Crippen molar-refractivity contribution < 1.29 is 4.74 Å². The maximum Gasteiger partial charge on any atom is 0.142 e. The van der Waals surface area contributed by atoms with Crippen LogP contribution in [0, 0.1) is 6.92 Å². The van der Waals surface area contributed by atoms with Gasteiger partial charge in [-0.15, -0.1) is 0 Å². The van der Waals surface area contributed by atoms with Crippen molar-refractivity contribution in [1.82, 2.24) is 10.2 Å². The van der Waals surface area contributed by atoms with Gasteiger partial charge in [0.15, 0.2) is 0 Å². The first-order valence-electron chi connectivity index (χ1n) is 5.79. The number of hydrogen-bond acceptors (Lipinski definition) is 3. The molecule has 17 heavy (non-hydrogen) atoms. The lowest BCUT2D eigenvalue weighted by molar-refractivity contribution is 0.306. The summed E-state index contributed by atoms with van der Waals surface area (Å²) in [7, 11) is 0. The molecular weight excluding hydrogens is 214 g/mol. The first kappa shape index (κ1) is 10.2. The van der Waals surface area contributed by atoms with E-state index in [9.17, 15) is 0 Å². The Morgan fingerprint density at radius 3 is 3.18 bits per heavy atom. The summed E-state index contributed by atoms with van der Waals surface area (Å²) in [4.78, 5) is 2.31. The van der Waals surface area contributed by atoms with Crippen LogP contribution in [0.5, 0.6) is 5.75 Å². The lowest BCUT2D eigenvalue weighted by atomic mass is 10.1. The fourth-order valence-electron chi connectivity index (χ4n) is 2.13. The van der Waals surface area contributed by atoms with Crippen molar-refractivity contribution in [2.45, 2.75) is 13.5 Å². The van der Waals surface area contributed by atoms with Gasteiger partial charge >= 0.3 is 0 Å². The van der Waals surface area contributed by atoms with Crippen molar-refractivity contribution in [3.05, 3.63) is 41.7 Å². The molecule has 4 heteroatoms. The molecule has 0 amide bonds. The molecule has 0 bridgehead atoms. The number of aryl methyl sites for hydroxylation is 1. The summed E-state index contributed by atoms with van der Waals surface area (Å²) < 4.78 is 5.69. The monoisotopic (exact) mass is 229 g/mol. The predicted molar refractivity (Wildman–Crippen MR) is 66.3 cm³/mol. The highest BCUT2D eigenvalue weighted by atomic mass is 16.5. The van der Waals surface area contributed by atoms with Gasteiger partial charge in [0.25, 0.3) is 0 Å². The third-order valence-corrected chi connectivity index (χ3v) is 2.99. The van der Waals surface area contributed by atoms with E-state index >= 15 is 0 Å². The van der Waals surface area contributed by atoms with Gasteiger partial charge in [-0.2, -0.15) is 5.10 Å². The first-order chi connectivity index (χ1) is 8.33. The summed E-state index contributed by atoms with van der Waals surface area (Å²) in [5.41, 5.74) is 3.52. The normalized spacial score (nSPS) is 14.3. The van der Waals surface area contributed by atoms with E-state index < -0.39 is 0 Å². The number of aromatic nitrogens is 2. The molecule has 2 aromatic rings. The molecule has 0 atom stereocenters. The zero-order valence-corrected chi connectivity index (χ0v) is 9.81. The first-order valence-corrected chi connectivity index (χ1v) is 5.79. The van der Waals surface area contributed by atoms with Gasteiger partial charge in [-0.1, -0.05) is 6.07 Å². The van der Waals surface area contributed by atoms with E-state index in [4.69, 9.17) is 4.74 Å². The number of fused-ring (bicyclic) bond motifs is 1. The molecule has 3 rings (SSSR count). The average molecular weight is 229 g/mol. The maximum atomic E-state index is 5.69. The molecule has 1 aliphatic rings. The number of H-pyrrole nitrogens is 1.